The third-order valence-corrected chi connectivity index (χ3v) is 4.28. The molecule has 1 aromatic heterocycles. The molecule has 0 atom stereocenters. The van der Waals surface area contributed by atoms with Gasteiger partial charge in [-0.25, -0.2) is 4.98 Å². The van der Waals surface area contributed by atoms with Crippen LogP contribution in [0.5, 0.6) is 0 Å². The molecule has 0 saturated carbocycles. The average molecular weight is 319 g/mol. The van der Waals surface area contributed by atoms with Crippen LogP contribution in [0.25, 0.3) is 33.4 Å². The molecule has 0 aliphatic carbocycles. The van der Waals surface area contributed by atoms with Crippen LogP contribution >= 0.6 is 11.6 Å². The zero-order chi connectivity index (χ0) is 15.8. The number of hydrogen-bond donors (Lipinski definition) is 1. The number of aryl methyl sites for hydroxylation is 1. The highest BCUT2D eigenvalue weighted by Gasteiger charge is 2.10. The summed E-state index contributed by atoms with van der Waals surface area (Å²) in [6, 6.07) is 22.5. The molecule has 3 heteroatoms. The van der Waals surface area contributed by atoms with Crippen LogP contribution < -0.4 is 0 Å². The number of H-pyrrole nitrogens is 1. The van der Waals surface area contributed by atoms with Gasteiger partial charge in [0.15, 0.2) is 0 Å². The lowest BCUT2D eigenvalue weighted by atomic mass is 10.1. The van der Waals surface area contributed by atoms with Crippen molar-refractivity contribution in [2.45, 2.75) is 6.92 Å². The summed E-state index contributed by atoms with van der Waals surface area (Å²) >= 11 is 5.97. The van der Waals surface area contributed by atoms with E-state index in [1.165, 1.54) is 10.8 Å². The second kappa shape index (κ2) is 5.56. The minimum atomic E-state index is 0.733. The van der Waals surface area contributed by atoms with E-state index in [9.17, 15) is 0 Å². The Kier molecular flexibility index (Phi) is 3.40. The molecule has 0 aliphatic rings. The lowest BCUT2D eigenvalue weighted by Crippen LogP contribution is -1.82. The van der Waals surface area contributed by atoms with E-state index < -0.39 is 0 Å². The maximum Gasteiger partial charge on any atom is 0.138 e. The summed E-state index contributed by atoms with van der Waals surface area (Å²) in [5.74, 6) is 0.887. The normalized spacial score (nSPS) is 11.0. The number of imidazole rings is 1. The Morgan fingerprint density at radius 2 is 1.52 bits per heavy atom. The standard InChI is InChI=1S/C20H15ClN2/c1-13-19(15-8-10-18(21)11-9-15)23-20(22-13)17-7-6-14-4-2-3-5-16(14)12-17/h2-12H,1H3,(H,22,23). The number of nitrogens with zero attached hydrogens (tertiary/aromatic N) is 1. The fourth-order valence-electron chi connectivity index (χ4n) is 2.82. The van der Waals surface area contributed by atoms with E-state index >= 15 is 0 Å². The van der Waals surface area contributed by atoms with Gasteiger partial charge in [-0.1, -0.05) is 60.1 Å². The highest BCUT2D eigenvalue weighted by atomic mass is 35.5. The van der Waals surface area contributed by atoms with E-state index in [-0.39, 0.29) is 0 Å². The number of nitrogens with one attached hydrogen (secondary N) is 1. The first kappa shape index (κ1) is 14.0. The van der Waals surface area contributed by atoms with Crippen LogP contribution in [0, 0.1) is 6.92 Å². The summed E-state index contributed by atoms with van der Waals surface area (Å²) in [6.45, 7) is 2.04. The molecule has 4 rings (SSSR count). The molecule has 0 amide bonds. The monoisotopic (exact) mass is 318 g/mol. The van der Waals surface area contributed by atoms with Gasteiger partial charge in [0.05, 0.1) is 5.69 Å². The van der Waals surface area contributed by atoms with Crippen LogP contribution in [0.1, 0.15) is 5.69 Å². The Hall–Kier alpha value is -2.58. The highest BCUT2D eigenvalue weighted by Crippen LogP contribution is 2.28. The molecule has 2 nitrogen and oxygen atoms in total. The van der Waals surface area contributed by atoms with Crippen LogP contribution in [-0.2, 0) is 0 Å². The summed E-state index contributed by atoms with van der Waals surface area (Å²) in [5.41, 5.74) is 4.17. The molecule has 0 fully saturated rings. The Balaban J connectivity index is 1.80. The van der Waals surface area contributed by atoms with E-state index in [1.54, 1.807) is 0 Å². The Bertz CT molecular complexity index is 984. The van der Waals surface area contributed by atoms with Crippen molar-refractivity contribution in [2.24, 2.45) is 0 Å². The Morgan fingerprint density at radius 1 is 0.826 bits per heavy atom. The van der Waals surface area contributed by atoms with E-state index in [4.69, 9.17) is 16.6 Å². The van der Waals surface area contributed by atoms with Crippen LogP contribution in [0.3, 0.4) is 0 Å². The van der Waals surface area contributed by atoms with Gasteiger partial charge in [-0.2, -0.15) is 0 Å². The third-order valence-electron chi connectivity index (χ3n) is 4.03. The van der Waals surface area contributed by atoms with Gasteiger partial charge in [0.25, 0.3) is 0 Å². The van der Waals surface area contributed by atoms with Gasteiger partial charge in [0.1, 0.15) is 5.82 Å². The predicted molar refractivity (Wildman–Crippen MR) is 96.7 cm³/mol. The molecule has 23 heavy (non-hydrogen) atoms. The zero-order valence-electron chi connectivity index (χ0n) is 12.7. The molecule has 0 radical (unpaired) electrons. The lowest BCUT2D eigenvalue weighted by Gasteiger charge is -2.01. The Labute approximate surface area is 139 Å². The Morgan fingerprint density at radius 3 is 2.30 bits per heavy atom. The van der Waals surface area contributed by atoms with Gasteiger partial charge in [-0.15, -0.1) is 0 Å². The predicted octanol–water partition coefficient (Wildman–Crippen LogP) is 5.86. The first-order chi connectivity index (χ1) is 11.2. The molecule has 1 heterocycles. The number of hydrogen-bond acceptors (Lipinski definition) is 1. The number of rotatable bonds is 2. The average Bonchev–Trinajstić information content (AvgIpc) is 2.97. The minimum Gasteiger partial charge on any atom is -0.342 e. The molecular formula is C20H15ClN2. The summed E-state index contributed by atoms with van der Waals surface area (Å²) < 4.78 is 0. The topological polar surface area (TPSA) is 28.7 Å². The third kappa shape index (κ3) is 2.62. The largest absolute Gasteiger partial charge is 0.342 e. The fraction of sp³-hybridized carbons (Fsp3) is 0.0500. The second-order valence-electron chi connectivity index (χ2n) is 5.63. The number of benzene rings is 3. The summed E-state index contributed by atoms with van der Waals surface area (Å²) in [5, 5.41) is 3.18. The van der Waals surface area contributed by atoms with Crippen molar-refractivity contribution in [3.63, 3.8) is 0 Å². The van der Waals surface area contributed by atoms with E-state index in [2.05, 4.69) is 47.4 Å². The molecule has 0 bridgehead atoms. The maximum atomic E-state index is 5.97. The number of aromatic amines is 1. The first-order valence-corrected chi connectivity index (χ1v) is 7.90. The van der Waals surface area contributed by atoms with Crippen LogP contribution in [0.2, 0.25) is 5.02 Å². The molecule has 0 aliphatic heterocycles. The zero-order valence-corrected chi connectivity index (χ0v) is 13.4. The lowest BCUT2D eigenvalue weighted by molar-refractivity contribution is 1.26. The van der Waals surface area contributed by atoms with Crippen molar-refractivity contribution < 1.29 is 0 Å². The maximum absolute atomic E-state index is 5.97. The SMILES string of the molecule is Cc1[nH]c(-c2ccc3ccccc3c2)nc1-c1ccc(Cl)cc1. The van der Waals surface area contributed by atoms with E-state index in [0.29, 0.717) is 0 Å². The van der Waals surface area contributed by atoms with Gasteiger partial charge in [0, 0.05) is 21.8 Å². The summed E-state index contributed by atoms with van der Waals surface area (Å²) in [7, 11) is 0. The number of halogens is 1. The summed E-state index contributed by atoms with van der Waals surface area (Å²) in [4.78, 5) is 8.18. The summed E-state index contributed by atoms with van der Waals surface area (Å²) in [6.07, 6.45) is 0. The van der Waals surface area contributed by atoms with Crippen molar-refractivity contribution in [3.05, 3.63) is 77.4 Å². The molecule has 0 saturated heterocycles. The molecular weight excluding hydrogens is 304 g/mol. The first-order valence-electron chi connectivity index (χ1n) is 7.52. The fourth-order valence-corrected chi connectivity index (χ4v) is 2.95. The number of aromatic nitrogens is 2. The molecule has 4 aromatic rings. The molecule has 0 spiro atoms. The van der Waals surface area contributed by atoms with Crippen molar-refractivity contribution in [1.29, 1.82) is 0 Å². The van der Waals surface area contributed by atoms with Crippen molar-refractivity contribution in [2.75, 3.05) is 0 Å². The molecule has 112 valence electrons. The van der Waals surface area contributed by atoms with Gasteiger partial charge >= 0.3 is 0 Å². The van der Waals surface area contributed by atoms with Crippen LogP contribution in [-0.4, -0.2) is 9.97 Å². The molecule has 3 aromatic carbocycles. The second-order valence-corrected chi connectivity index (χ2v) is 6.06. The van der Waals surface area contributed by atoms with Crippen molar-refractivity contribution in [1.82, 2.24) is 9.97 Å². The van der Waals surface area contributed by atoms with Gasteiger partial charge in [0.2, 0.25) is 0 Å². The van der Waals surface area contributed by atoms with Crippen LogP contribution in [0.4, 0.5) is 0 Å². The van der Waals surface area contributed by atoms with Gasteiger partial charge in [-0.05, 0) is 35.9 Å². The molecule has 0 unspecified atom stereocenters. The highest BCUT2D eigenvalue weighted by molar-refractivity contribution is 6.30. The van der Waals surface area contributed by atoms with Gasteiger partial charge in [-0.3, -0.25) is 0 Å². The van der Waals surface area contributed by atoms with Crippen molar-refractivity contribution in [3.8, 4) is 22.6 Å². The van der Waals surface area contributed by atoms with Gasteiger partial charge < -0.3 is 4.98 Å². The quantitative estimate of drug-likeness (QED) is 0.493. The smallest absolute Gasteiger partial charge is 0.138 e. The minimum absolute atomic E-state index is 0.733. The van der Waals surface area contributed by atoms with E-state index in [1.807, 2.05) is 31.2 Å². The van der Waals surface area contributed by atoms with Crippen LogP contribution in [0.15, 0.2) is 66.7 Å². The molecule has 1 N–H and O–H groups in total. The van der Waals surface area contributed by atoms with Crippen molar-refractivity contribution >= 4 is 22.4 Å². The number of fused-ring (bicyclic) bond motifs is 1. The van der Waals surface area contributed by atoms with E-state index in [0.717, 1.165) is 33.4 Å².